The van der Waals surface area contributed by atoms with Gasteiger partial charge in [-0.05, 0) is 47.7 Å². The van der Waals surface area contributed by atoms with Crippen LogP contribution >= 0.6 is 23.4 Å². The first-order valence-electron chi connectivity index (χ1n) is 7.09. The van der Waals surface area contributed by atoms with E-state index in [1.165, 1.54) is 16.7 Å². The van der Waals surface area contributed by atoms with Gasteiger partial charge >= 0.3 is 0 Å². The number of rotatable bonds is 3. The molecule has 1 amide bonds. The Morgan fingerprint density at radius 2 is 2.04 bits per heavy atom. The van der Waals surface area contributed by atoms with Crippen molar-refractivity contribution in [2.75, 3.05) is 14.2 Å². The number of nitrogens with zero attached hydrogens (tertiary/aromatic N) is 3. The molecular formula is C17H14ClN3O2S. The first-order valence-corrected chi connectivity index (χ1v) is 8.29. The van der Waals surface area contributed by atoms with E-state index in [1.807, 2.05) is 30.3 Å². The van der Waals surface area contributed by atoms with Gasteiger partial charge in [-0.1, -0.05) is 23.7 Å². The molecule has 1 aromatic carbocycles. The lowest BCUT2D eigenvalue weighted by molar-refractivity contribution is -0.121. The molecule has 0 atom stereocenters. The van der Waals surface area contributed by atoms with Crippen LogP contribution in [0.4, 0.5) is 5.69 Å². The van der Waals surface area contributed by atoms with E-state index >= 15 is 0 Å². The monoisotopic (exact) mass is 359 g/mol. The molecule has 1 fully saturated rings. The molecule has 122 valence electrons. The normalized spacial score (nSPS) is 17.8. The number of aromatic nitrogens is 1. The molecule has 0 N–H and O–H groups in total. The third kappa shape index (κ3) is 3.44. The molecule has 1 aromatic heterocycles. The molecule has 7 heteroatoms. The van der Waals surface area contributed by atoms with Crippen molar-refractivity contribution in [3.8, 4) is 5.75 Å². The lowest BCUT2D eigenvalue weighted by atomic mass is 10.2. The minimum Gasteiger partial charge on any atom is -0.497 e. The summed E-state index contributed by atoms with van der Waals surface area (Å²) in [5.41, 5.74) is 1.45. The molecule has 0 unspecified atom stereocenters. The molecule has 1 aliphatic heterocycles. The summed E-state index contributed by atoms with van der Waals surface area (Å²) in [7, 11) is 3.30. The average molecular weight is 360 g/mol. The Morgan fingerprint density at radius 3 is 2.71 bits per heavy atom. The highest BCUT2D eigenvalue weighted by atomic mass is 35.5. The summed E-state index contributed by atoms with van der Waals surface area (Å²) in [4.78, 5) is 22.9. The zero-order valence-corrected chi connectivity index (χ0v) is 14.6. The SMILES string of the molecule is COc1ccc(/C=C2\SC(=Nc3cccnc3Cl)N(C)C2=O)cc1. The Kier molecular flexibility index (Phi) is 4.87. The Morgan fingerprint density at radius 1 is 1.29 bits per heavy atom. The van der Waals surface area contributed by atoms with E-state index in [4.69, 9.17) is 16.3 Å². The van der Waals surface area contributed by atoms with Crippen LogP contribution in [-0.4, -0.2) is 35.1 Å². The molecule has 0 radical (unpaired) electrons. The summed E-state index contributed by atoms with van der Waals surface area (Å²) < 4.78 is 5.13. The maximum absolute atomic E-state index is 12.4. The molecule has 1 aliphatic rings. The molecule has 2 heterocycles. The van der Waals surface area contributed by atoms with Gasteiger partial charge in [0.25, 0.3) is 5.91 Å². The van der Waals surface area contributed by atoms with Crippen molar-refractivity contribution in [2.24, 2.45) is 4.99 Å². The second kappa shape index (κ2) is 7.07. The Bertz CT molecular complexity index is 834. The fourth-order valence-electron chi connectivity index (χ4n) is 2.07. The number of likely N-dealkylation sites (N-methyl/N-ethyl adjacent to an activating group) is 1. The number of carbonyl (C=O) groups excluding carboxylic acids is 1. The van der Waals surface area contributed by atoms with Crippen LogP contribution in [0.2, 0.25) is 5.15 Å². The largest absolute Gasteiger partial charge is 0.497 e. The van der Waals surface area contributed by atoms with Crippen molar-refractivity contribution in [1.82, 2.24) is 9.88 Å². The number of hydrogen-bond donors (Lipinski definition) is 0. The molecule has 2 aromatic rings. The number of carbonyl (C=O) groups is 1. The van der Waals surface area contributed by atoms with Gasteiger partial charge in [-0.25, -0.2) is 9.98 Å². The fourth-order valence-corrected chi connectivity index (χ4v) is 3.21. The van der Waals surface area contributed by atoms with Crippen LogP contribution in [0.1, 0.15) is 5.56 Å². The lowest BCUT2D eigenvalue weighted by Gasteiger charge is -2.07. The molecule has 0 aliphatic carbocycles. The molecule has 0 bridgehead atoms. The van der Waals surface area contributed by atoms with Gasteiger partial charge in [0.05, 0.1) is 12.0 Å². The summed E-state index contributed by atoms with van der Waals surface area (Å²) in [6, 6.07) is 11.0. The number of amidine groups is 1. The Balaban J connectivity index is 1.88. The van der Waals surface area contributed by atoms with Gasteiger partial charge in [0.1, 0.15) is 11.4 Å². The van der Waals surface area contributed by atoms with Crippen molar-refractivity contribution in [3.05, 3.63) is 58.2 Å². The topological polar surface area (TPSA) is 54.8 Å². The van der Waals surface area contributed by atoms with E-state index in [9.17, 15) is 4.79 Å². The molecule has 5 nitrogen and oxygen atoms in total. The van der Waals surface area contributed by atoms with Crippen LogP contribution < -0.4 is 4.74 Å². The van der Waals surface area contributed by atoms with Crippen molar-refractivity contribution in [3.63, 3.8) is 0 Å². The third-order valence-corrected chi connectivity index (χ3v) is 4.72. The first kappa shape index (κ1) is 16.5. The van der Waals surface area contributed by atoms with Crippen LogP contribution in [-0.2, 0) is 4.79 Å². The number of ether oxygens (including phenoxy) is 1. The van der Waals surface area contributed by atoms with Gasteiger partial charge in [0.2, 0.25) is 0 Å². The molecule has 24 heavy (non-hydrogen) atoms. The van der Waals surface area contributed by atoms with Crippen LogP contribution in [0.5, 0.6) is 5.75 Å². The fraction of sp³-hybridized carbons (Fsp3) is 0.118. The lowest BCUT2D eigenvalue weighted by Crippen LogP contribution is -2.23. The summed E-state index contributed by atoms with van der Waals surface area (Å²) in [5.74, 6) is 0.669. The standard InChI is InChI=1S/C17H14ClN3O2S/c1-21-16(22)14(10-11-5-7-12(23-2)8-6-11)24-17(21)20-13-4-3-9-19-15(13)18/h3-10H,1-2H3/b14-10-,20-17?. The number of amides is 1. The Hall–Kier alpha value is -2.31. The quantitative estimate of drug-likeness (QED) is 0.614. The van der Waals surface area contributed by atoms with Crippen LogP contribution in [0, 0.1) is 0 Å². The highest BCUT2D eigenvalue weighted by molar-refractivity contribution is 8.18. The Labute approximate surface area is 149 Å². The average Bonchev–Trinajstić information content (AvgIpc) is 2.86. The predicted molar refractivity (Wildman–Crippen MR) is 97.7 cm³/mol. The van der Waals surface area contributed by atoms with Gasteiger partial charge in [0, 0.05) is 13.2 Å². The number of benzene rings is 1. The van der Waals surface area contributed by atoms with E-state index in [1.54, 1.807) is 32.5 Å². The van der Waals surface area contributed by atoms with Gasteiger partial charge in [-0.15, -0.1) is 0 Å². The van der Waals surface area contributed by atoms with Gasteiger partial charge in [-0.3, -0.25) is 9.69 Å². The van der Waals surface area contributed by atoms with Gasteiger partial charge < -0.3 is 4.74 Å². The van der Waals surface area contributed by atoms with Crippen LogP contribution in [0.25, 0.3) is 6.08 Å². The van der Waals surface area contributed by atoms with E-state index in [0.29, 0.717) is 20.9 Å². The van der Waals surface area contributed by atoms with E-state index in [-0.39, 0.29) is 5.91 Å². The van der Waals surface area contributed by atoms with Gasteiger partial charge in [0.15, 0.2) is 10.3 Å². The van der Waals surface area contributed by atoms with Crippen LogP contribution in [0.3, 0.4) is 0 Å². The minimum atomic E-state index is -0.102. The predicted octanol–water partition coefficient (Wildman–Crippen LogP) is 3.98. The summed E-state index contributed by atoms with van der Waals surface area (Å²) in [5, 5.41) is 0.869. The highest BCUT2D eigenvalue weighted by Crippen LogP contribution is 2.34. The maximum Gasteiger partial charge on any atom is 0.266 e. The molecule has 0 saturated carbocycles. The zero-order valence-electron chi connectivity index (χ0n) is 13.1. The van der Waals surface area contributed by atoms with Crippen molar-refractivity contribution in [2.45, 2.75) is 0 Å². The zero-order chi connectivity index (χ0) is 17.1. The molecule has 1 saturated heterocycles. The minimum absolute atomic E-state index is 0.102. The number of aliphatic imine (C=N–C) groups is 1. The van der Waals surface area contributed by atoms with Crippen LogP contribution in [0.15, 0.2) is 52.5 Å². The van der Waals surface area contributed by atoms with Crippen molar-refractivity contribution in [1.29, 1.82) is 0 Å². The summed E-state index contributed by atoms with van der Waals surface area (Å²) in [6.07, 6.45) is 3.42. The molecule has 3 rings (SSSR count). The van der Waals surface area contributed by atoms with Gasteiger partial charge in [-0.2, -0.15) is 0 Å². The number of hydrogen-bond acceptors (Lipinski definition) is 5. The van der Waals surface area contributed by atoms with E-state index in [0.717, 1.165) is 11.3 Å². The third-order valence-electron chi connectivity index (χ3n) is 3.37. The van der Waals surface area contributed by atoms with E-state index < -0.39 is 0 Å². The maximum atomic E-state index is 12.4. The number of thioether (sulfide) groups is 1. The van der Waals surface area contributed by atoms with Crippen molar-refractivity contribution >= 4 is 46.2 Å². The number of methoxy groups -OCH3 is 1. The highest BCUT2D eigenvalue weighted by Gasteiger charge is 2.30. The second-order valence-corrected chi connectivity index (χ2v) is 6.32. The number of halogens is 1. The van der Waals surface area contributed by atoms with E-state index in [2.05, 4.69) is 9.98 Å². The second-order valence-electron chi connectivity index (χ2n) is 4.96. The number of pyridine rings is 1. The summed E-state index contributed by atoms with van der Waals surface area (Å²) >= 11 is 7.33. The molecular weight excluding hydrogens is 346 g/mol. The summed E-state index contributed by atoms with van der Waals surface area (Å²) in [6.45, 7) is 0. The molecule has 0 spiro atoms. The smallest absolute Gasteiger partial charge is 0.266 e. The van der Waals surface area contributed by atoms with Crippen molar-refractivity contribution < 1.29 is 9.53 Å². The first-order chi connectivity index (χ1) is 11.6.